The molecule has 1 N–H and O–H groups in total. The van der Waals surface area contributed by atoms with Crippen molar-refractivity contribution in [3.63, 3.8) is 0 Å². The van der Waals surface area contributed by atoms with Gasteiger partial charge in [-0.05, 0) is 69.9 Å². The van der Waals surface area contributed by atoms with E-state index < -0.39 is 6.04 Å². The minimum absolute atomic E-state index is 0.0436. The molecule has 1 saturated carbocycles. The summed E-state index contributed by atoms with van der Waals surface area (Å²) >= 11 is 0. The van der Waals surface area contributed by atoms with Gasteiger partial charge in [0, 0.05) is 37.7 Å². The van der Waals surface area contributed by atoms with Crippen LogP contribution in [0.1, 0.15) is 60.9 Å². The van der Waals surface area contributed by atoms with Gasteiger partial charge in [0.15, 0.2) is 0 Å². The quantitative estimate of drug-likeness (QED) is 0.810. The molecular weight excluding hydrogens is 378 g/mol. The Morgan fingerprint density at radius 2 is 1.50 bits per heavy atom. The molecule has 4 rings (SSSR count). The van der Waals surface area contributed by atoms with Gasteiger partial charge < -0.3 is 15.1 Å². The van der Waals surface area contributed by atoms with E-state index >= 15 is 0 Å². The van der Waals surface area contributed by atoms with Crippen LogP contribution < -0.4 is 5.32 Å². The molecule has 30 heavy (non-hydrogen) atoms. The molecule has 0 unspecified atom stereocenters. The van der Waals surface area contributed by atoms with Gasteiger partial charge >= 0.3 is 0 Å². The topological polar surface area (TPSA) is 69.7 Å². The van der Waals surface area contributed by atoms with E-state index in [0.29, 0.717) is 18.7 Å². The number of aryl methyl sites for hydroxylation is 1. The average Bonchev–Trinajstić information content (AvgIpc) is 3.63. The largest absolute Gasteiger partial charge is 0.342 e. The summed E-state index contributed by atoms with van der Waals surface area (Å²) < 4.78 is 0. The molecule has 2 heterocycles. The third-order valence-corrected chi connectivity index (χ3v) is 6.78. The Labute approximate surface area is 179 Å². The standard InChI is InChI=1S/C24H33N3O3/c1-17-5-7-19(8-6-17)22(28)25-21(24(30)26-13-3-2-4-14-26)18-11-15-27(16-12-18)23(29)20-9-10-20/h5-8,18,20-21H,2-4,9-16H2,1H3,(H,25,28)/t21-/m1/s1. The summed E-state index contributed by atoms with van der Waals surface area (Å²) in [5.41, 5.74) is 1.68. The van der Waals surface area contributed by atoms with E-state index in [1.807, 2.05) is 41.0 Å². The van der Waals surface area contributed by atoms with Crippen LogP contribution in [0.2, 0.25) is 0 Å². The van der Waals surface area contributed by atoms with Crippen LogP contribution in [0.3, 0.4) is 0 Å². The van der Waals surface area contributed by atoms with Crippen molar-refractivity contribution in [1.29, 1.82) is 0 Å². The number of nitrogens with one attached hydrogen (secondary N) is 1. The number of piperidine rings is 2. The highest BCUT2D eigenvalue weighted by Crippen LogP contribution is 2.33. The third kappa shape index (κ3) is 4.85. The highest BCUT2D eigenvalue weighted by atomic mass is 16.2. The highest BCUT2D eigenvalue weighted by molar-refractivity contribution is 5.97. The molecule has 2 saturated heterocycles. The lowest BCUT2D eigenvalue weighted by Crippen LogP contribution is -2.55. The Kier molecular flexibility index (Phi) is 6.40. The Morgan fingerprint density at radius 1 is 0.867 bits per heavy atom. The van der Waals surface area contributed by atoms with Gasteiger partial charge in [-0.3, -0.25) is 14.4 Å². The first kappa shape index (κ1) is 20.9. The Hall–Kier alpha value is -2.37. The second-order valence-corrected chi connectivity index (χ2v) is 9.14. The maximum absolute atomic E-state index is 13.4. The molecule has 1 atom stereocenters. The fourth-order valence-electron chi connectivity index (χ4n) is 4.66. The van der Waals surface area contributed by atoms with E-state index in [2.05, 4.69) is 5.32 Å². The van der Waals surface area contributed by atoms with Crippen molar-refractivity contribution in [2.45, 2.75) is 57.9 Å². The summed E-state index contributed by atoms with van der Waals surface area (Å²) in [4.78, 5) is 42.6. The molecule has 0 radical (unpaired) electrons. The number of hydrogen-bond acceptors (Lipinski definition) is 3. The van der Waals surface area contributed by atoms with Crippen LogP contribution in [-0.4, -0.2) is 59.7 Å². The van der Waals surface area contributed by atoms with Crippen LogP contribution in [0.4, 0.5) is 0 Å². The van der Waals surface area contributed by atoms with Crippen LogP contribution >= 0.6 is 0 Å². The first-order chi connectivity index (χ1) is 14.5. The average molecular weight is 412 g/mol. The van der Waals surface area contributed by atoms with Gasteiger partial charge in [0.2, 0.25) is 11.8 Å². The smallest absolute Gasteiger partial charge is 0.251 e. The van der Waals surface area contributed by atoms with Gasteiger partial charge in [-0.1, -0.05) is 17.7 Å². The van der Waals surface area contributed by atoms with E-state index in [4.69, 9.17) is 0 Å². The van der Waals surface area contributed by atoms with Crippen molar-refractivity contribution in [3.05, 3.63) is 35.4 Å². The van der Waals surface area contributed by atoms with Gasteiger partial charge in [0.25, 0.3) is 5.91 Å². The van der Waals surface area contributed by atoms with Crippen molar-refractivity contribution >= 4 is 17.7 Å². The van der Waals surface area contributed by atoms with Crippen LogP contribution in [-0.2, 0) is 9.59 Å². The van der Waals surface area contributed by atoms with Crippen molar-refractivity contribution in [2.24, 2.45) is 11.8 Å². The molecule has 3 amide bonds. The van der Waals surface area contributed by atoms with Crippen LogP contribution in [0.25, 0.3) is 0 Å². The number of amides is 3. The number of benzene rings is 1. The summed E-state index contributed by atoms with van der Waals surface area (Å²) in [5.74, 6) is 0.422. The summed E-state index contributed by atoms with van der Waals surface area (Å²) in [6.45, 7) is 4.90. The molecule has 3 fully saturated rings. The summed E-state index contributed by atoms with van der Waals surface area (Å²) in [6.07, 6.45) is 6.76. The minimum atomic E-state index is -0.518. The second kappa shape index (κ2) is 9.19. The lowest BCUT2D eigenvalue weighted by Gasteiger charge is -2.38. The molecule has 6 nitrogen and oxygen atoms in total. The Balaban J connectivity index is 1.45. The van der Waals surface area contributed by atoms with Gasteiger partial charge in [0.05, 0.1) is 0 Å². The molecule has 2 aliphatic heterocycles. The molecule has 1 aromatic carbocycles. The zero-order valence-corrected chi connectivity index (χ0v) is 17.9. The van der Waals surface area contributed by atoms with Gasteiger partial charge in [-0.25, -0.2) is 0 Å². The molecule has 0 spiro atoms. The molecule has 3 aliphatic rings. The predicted octanol–water partition coefficient (Wildman–Crippen LogP) is 2.75. The van der Waals surface area contributed by atoms with Crippen molar-refractivity contribution < 1.29 is 14.4 Å². The number of nitrogens with zero attached hydrogens (tertiary/aromatic N) is 2. The van der Waals surface area contributed by atoms with Crippen molar-refractivity contribution in [1.82, 2.24) is 15.1 Å². The van der Waals surface area contributed by atoms with E-state index in [0.717, 1.165) is 63.6 Å². The first-order valence-corrected chi connectivity index (χ1v) is 11.5. The van der Waals surface area contributed by atoms with E-state index in [-0.39, 0.29) is 29.6 Å². The second-order valence-electron chi connectivity index (χ2n) is 9.14. The number of hydrogen-bond donors (Lipinski definition) is 1. The van der Waals surface area contributed by atoms with Crippen LogP contribution in [0.15, 0.2) is 24.3 Å². The normalized spacial score (nSPS) is 21.2. The first-order valence-electron chi connectivity index (χ1n) is 11.5. The van der Waals surface area contributed by atoms with E-state index in [1.54, 1.807) is 0 Å². The lowest BCUT2D eigenvalue weighted by molar-refractivity contribution is -0.137. The molecule has 1 aromatic rings. The minimum Gasteiger partial charge on any atom is -0.342 e. The fourth-order valence-corrected chi connectivity index (χ4v) is 4.66. The number of rotatable bonds is 5. The zero-order chi connectivity index (χ0) is 21.1. The third-order valence-electron chi connectivity index (χ3n) is 6.78. The molecular formula is C24H33N3O3. The summed E-state index contributed by atoms with van der Waals surface area (Å²) in [5, 5.41) is 3.07. The fraction of sp³-hybridized carbons (Fsp3) is 0.625. The molecule has 0 aromatic heterocycles. The number of likely N-dealkylation sites (tertiary alicyclic amines) is 2. The van der Waals surface area contributed by atoms with Crippen LogP contribution in [0, 0.1) is 18.8 Å². The maximum Gasteiger partial charge on any atom is 0.251 e. The summed E-state index contributed by atoms with van der Waals surface area (Å²) in [7, 11) is 0. The zero-order valence-electron chi connectivity index (χ0n) is 17.9. The Morgan fingerprint density at radius 3 is 2.10 bits per heavy atom. The lowest BCUT2D eigenvalue weighted by atomic mass is 9.87. The predicted molar refractivity (Wildman–Crippen MR) is 115 cm³/mol. The highest BCUT2D eigenvalue weighted by Gasteiger charge is 2.39. The van der Waals surface area contributed by atoms with E-state index in [1.165, 1.54) is 0 Å². The monoisotopic (exact) mass is 411 g/mol. The number of carbonyl (C=O) groups is 3. The van der Waals surface area contributed by atoms with Gasteiger partial charge in [0.1, 0.15) is 6.04 Å². The molecule has 6 heteroatoms. The number of carbonyl (C=O) groups excluding carboxylic acids is 3. The molecule has 162 valence electrons. The molecule has 1 aliphatic carbocycles. The summed E-state index contributed by atoms with van der Waals surface area (Å²) in [6, 6.07) is 6.93. The van der Waals surface area contributed by atoms with Crippen LogP contribution in [0.5, 0.6) is 0 Å². The van der Waals surface area contributed by atoms with Crippen molar-refractivity contribution in [3.8, 4) is 0 Å². The SMILES string of the molecule is Cc1ccc(C(=O)N[C@@H](C(=O)N2CCCCC2)C2CCN(C(=O)C3CC3)CC2)cc1. The van der Waals surface area contributed by atoms with E-state index in [9.17, 15) is 14.4 Å². The Bertz CT molecular complexity index is 773. The van der Waals surface area contributed by atoms with Crippen molar-refractivity contribution in [2.75, 3.05) is 26.2 Å². The molecule has 0 bridgehead atoms. The van der Waals surface area contributed by atoms with Gasteiger partial charge in [-0.15, -0.1) is 0 Å². The van der Waals surface area contributed by atoms with Gasteiger partial charge in [-0.2, -0.15) is 0 Å². The maximum atomic E-state index is 13.4.